The Balaban J connectivity index is 2.03. The van der Waals surface area contributed by atoms with E-state index in [-0.39, 0.29) is 5.54 Å². The van der Waals surface area contributed by atoms with Gasteiger partial charge in [0, 0.05) is 11.3 Å². The average molecular weight is 227 g/mol. The number of nitrogens with one attached hydrogen (secondary N) is 1. The molecule has 0 spiro atoms. The van der Waals surface area contributed by atoms with Gasteiger partial charge in [0.15, 0.2) is 0 Å². The van der Waals surface area contributed by atoms with E-state index in [1.54, 1.807) is 0 Å². The quantitative estimate of drug-likeness (QED) is 0.828. The van der Waals surface area contributed by atoms with Crippen molar-refractivity contribution in [3.63, 3.8) is 0 Å². The molecule has 1 heterocycles. The van der Waals surface area contributed by atoms with Crippen LogP contribution in [0.25, 0.3) is 11.3 Å². The van der Waals surface area contributed by atoms with Gasteiger partial charge in [0.1, 0.15) is 5.82 Å². The predicted octanol–water partition coefficient (Wildman–Crippen LogP) is 2.64. The number of imidazole rings is 1. The third-order valence-electron chi connectivity index (χ3n) is 3.47. The highest BCUT2D eigenvalue weighted by molar-refractivity contribution is 5.62. The van der Waals surface area contributed by atoms with E-state index >= 15 is 0 Å². The second-order valence-electron chi connectivity index (χ2n) is 5.08. The van der Waals surface area contributed by atoms with Crippen LogP contribution in [0.1, 0.15) is 29.9 Å². The van der Waals surface area contributed by atoms with Crippen LogP contribution in [0.5, 0.6) is 0 Å². The van der Waals surface area contributed by atoms with Crippen LogP contribution in [0, 0.1) is 13.8 Å². The fraction of sp³-hybridized carbons (Fsp3) is 0.357. The van der Waals surface area contributed by atoms with Gasteiger partial charge in [0.05, 0.1) is 11.2 Å². The van der Waals surface area contributed by atoms with E-state index in [9.17, 15) is 0 Å². The Bertz CT molecular complexity index is 547. The molecular weight excluding hydrogens is 210 g/mol. The summed E-state index contributed by atoms with van der Waals surface area (Å²) in [7, 11) is 0. The maximum atomic E-state index is 6.16. The smallest absolute Gasteiger partial charge is 0.127 e. The topological polar surface area (TPSA) is 54.7 Å². The highest BCUT2D eigenvalue weighted by Crippen LogP contribution is 2.42. The zero-order chi connectivity index (χ0) is 12.0. The summed E-state index contributed by atoms with van der Waals surface area (Å²) >= 11 is 0. The van der Waals surface area contributed by atoms with Crippen molar-refractivity contribution in [2.75, 3.05) is 0 Å². The highest BCUT2D eigenvalue weighted by atomic mass is 15.0. The standard InChI is InChI=1S/C14H17N3/c1-9-3-5-11(6-4-9)12-10(2)16-13(17-12)14(15)7-8-14/h3-6H,7-8,15H2,1-2H3,(H,16,17). The molecule has 3 nitrogen and oxygen atoms in total. The Labute approximate surface area is 101 Å². The summed E-state index contributed by atoms with van der Waals surface area (Å²) in [5.41, 5.74) is 10.5. The van der Waals surface area contributed by atoms with E-state index in [2.05, 4.69) is 48.1 Å². The Morgan fingerprint density at radius 1 is 1.18 bits per heavy atom. The van der Waals surface area contributed by atoms with E-state index in [1.807, 2.05) is 0 Å². The molecule has 1 aliphatic rings. The molecule has 3 rings (SSSR count). The second kappa shape index (κ2) is 3.44. The van der Waals surface area contributed by atoms with Gasteiger partial charge in [-0.1, -0.05) is 29.8 Å². The number of rotatable bonds is 2. The van der Waals surface area contributed by atoms with Gasteiger partial charge in [-0.15, -0.1) is 0 Å². The Hall–Kier alpha value is -1.61. The third-order valence-corrected chi connectivity index (χ3v) is 3.47. The molecule has 0 saturated heterocycles. The van der Waals surface area contributed by atoms with Crippen molar-refractivity contribution in [1.29, 1.82) is 0 Å². The second-order valence-corrected chi connectivity index (χ2v) is 5.08. The lowest BCUT2D eigenvalue weighted by molar-refractivity contribution is 0.684. The Morgan fingerprint density at radius 3 is 2.41 bits per heavy atom. The number of aromatic amines is 1. The lowest BCUT2D eigenvalue weighted by Crippen LogP contribution is -2.20. The normalized spacial score (nSPS) is 17.1. The summed E-state index contributed by atoms with van der Waals surface area (Å²) < 4.78 is 0. The Kier molecular flexibility index (Phi) is 2.13. The molecule has 0 atom stereocenters. The molecular formula is C14H17N3. The molecule has 1 aromatic heterocycles. The first kappa shape index (κ1) is 10.5. The van der Waals surface area contributed by atoms with Gasteiger partial charge in [-0.05, 0) is 26.7 Å². The zero-order valence-electron chi connectivity index (χ0n) is 10.2. The summed E-state index contributed by atoms with van der Waals surface area (Å²) in [5, 5.41) is 0. The van der Waals surface area contributed by atoms with E-state index in [0.29, 0.717) is 0 Å². The molecule has 1 aliphatic carbocycles. The van der Waals surface area contributed by atoms with Crippen LogP contribution in [-0.4, -0.2) is 9.97 Å². The van der Waals surface area contributed by atoms with Gasteiger partial charge in [0.25, 0.3) is 0 Å². The van der Waals surface area contributed by atoms with Gasteiger partial charge in [-0.3, -0.25) is 0 Å². The van der Waals surface area contributed by atoms with Crippen LogP contribution in [0.2, 0.25) is 0 Å². The van der Waals surface area contributed by atoms with E-state index in [1.165, 1.54) is 5.56 Å². The first-order chi connectivity index (χ1) is 8.08. The number of aromatic nitrogens is 2. The maximum Gasteiger partial charge on any atom is 0.127 e. The van der Waals surface area contributed by atoms with Crippen molar-refractivity contribution in [2.45, 2.75) is 32.2 Å². The first-order valence-corrected chi connectivity index (χ1v) is 6.01. The molecule has 0 aliphatic heterocycles. The van der Waals surface area contributed by atoms with Gasteiger partial charge in [-0.2, -0.15) is 0 Å². The molecule has 1 fully saturated rings. The zero-order valence-corrected chi connectivity index (χ0v) is 10.2. The van der Waals surface area contributed by atoms with Crippen molar-refractivity contribution in [2.24, 2.45) is 5.73 Å². The fourth-order valence-corrected chi connectivity index (χ4v) is 2.06. The van der Waals surface area contributed by atoms with Crippen molar-refractivity contribution >= 4 is 0 Å². The van der Waals surface area contributed by atoms with Gasteiger partial charge < -0.3 is 10.7 Å². The average Bonchev–Trinajstić information content (AvgIpc) is 2.93. The molecule has 1 aromatic carbocycles. The minimum atomic E-state index is -0.187. The van der Waals surface area contributed by atoms with Gasteiger partial charge >= 0.3 is 0 Å². The van der Waals surface area contributed by atoms with Crippen LogP contribution >= 0.6 is 0 Å². The molecule has 88 valence electrons. The van der Waals surface area contributed by atoms with E-state index in [4.69, 9.17) is 5.73 Å². The van der Waals surface area contributed by atoms with Crippen LogP contribution < -0.4 is 5.73 Å². The van der Waals surface area contributed by atoms with Crippen molar-refractivity contribution in [3.05, 3.63) is 41.3 Å². The van der Waals surface area contributed by atoms with Crippen molar-refractivity contribution in [1.82, 2.24) is 9.97 Å². The first-order valence-electron chi connectivity index (χ1n) is 6.01. The molecule has 2 aromatic rings. The van der Waals surface area contributed by atoms with Crippen LogP contribution in [0.15, 0.2) is 24.3 Å². The third kappa shape index (κ3) is 1.76. The largest absolute Gasteiger partial charge is 0.344 e. The Morgan fingerprint density at radius 2 is 1.82 bits per heavy atom. The van der Waals surface area contributed by atoms with Crippen molar-refractivity contribution < 1.29 is 0 Å². The predicted molar refractivity (Wildman–Crippen MR) is 68.6 cm³/mol. The number of hydrogen-bond acceptors (Lipinski definition) is 2. The minimum Gasteiger partial charge on any atom is -0.344 e. The molecule has 17 heavy (non-hydrogen) atoms. The fourth-order valence-electron chi connectivity index (χ4n) is 2.06. The lowest BCUT2D eigenvalue weighted by Gasteiger charge is -2.02. The summed E-state index contributed by atoms with van der Waals surface area (Å²) in [5.74, 6) is 0.936. The minimum absolute atomic E-state index is 0.187. The van der Waals surface area contributed by atoms with Crippen molar-refractivity contribution in [3.8, 4) is 11.3 Å². The van der Waals surface area contributed by atoms with Gasteiger partial charge in [0.2, 0.25) is 0 Å². The number of benzene rings is 1. The highest BCUT2D eigenvalue weighted by Gasteiger charge is 2.43. The summed E-state index contributed by atoms with van der Waals surface area (Å²) in [6.07, 6.45) is 2.07. The number of H-pyrrole nitrogens is 1. The molecule has 3 heteroatoms. The van der Waals surface area contributed by atoms with Gasteiger partial charge in [-0.25, -0.2) is 4.98 Å². The number of nitrogens with two attached hydrogens (primary N) is 1. The summed E-state index contributed by atoms with van der Waals surface area (Å²) in [6.45, 7) is 4.14. The maximum absolute atomic E-state index is 6.16. The molecule has 0 unspecified atom stereocenters. The van der Waals surface area contributed by atoms with Crippen LogP contribution in [0.3, 0.4) is 0 Å². The van der Waals surface area contributed by atoms with E-state index in [0.717, 1.165) is 35.6 Å². The molecule has 0 bridgehead atoms. The SMILES string of the molecule is Cc1ccc(-c2nc(C3(N)CC3)[nH]c2C)cc1. The van der Waals surface area contributed by atoms with E-state index < -0.39 is 0 Å². The summed E-state index contributed by atoms with van der Waals surface area (Å²) in [4.78, 5) is 7.99. The van der Waals surface area contributed by atoms with Crippen LogP contribution in [0.4, 0.5) is 0 Å². The monoisotopic (exact) mass is 227 g/mol. The molecule has 0 radical (unpaired) electrons. The molecule has 0 amide bonds. The number of nitrogens with zero attached hydrogens (tertiary/aromatic N) is 1. The number of hydrogen-bond donors (Lipinski definition) is 2. The molecule has 1 saturated carbocycles. The summed E-state index contributed by atoms with van der Waals surface area (Å²) in [6, 6.07) is 8.44. The van der Waals surface area contributed by atoms with Crippen LogP contribution in [-0.2, 0) is 5.54 Å². The molecule has 3 N–H and O–H groups in total. The number of aryl methyl sites for hydroxylation is 2. The lowest BCUT2D eigenvalue weighted by atomic mass is 10.1.